The van der Waals surface area contributed by atoms with Crippen molar-refractivity contribution in [1.82, 2.24) is 10.0 Å². The molecule has 4 nitrogen and oxygen atoms in total. The van der Waals surface area contributed by atoms with Crippen molar-refractivity contribution in [2.45, 2.75) is 49.8 Å². The summed E-state index contributed by atoms with van der Waals surface area (Å²) in [5.41, 5.74) is 0. The molecule has 1 saturated carbocycles. The van der Waals surface area contributed by atoms with Crippen LogP contribution >= 0.6 is 0 Å². The van der Waals surface area contributed by atoms with Crippen LogP contribution < -0.4 is 10.0 Å². The first-order valence-corrected chi connectivity index (χ1v) is 7.45. The summed E-state index contributed by atoms with van der Waals surface area (Å²) >= 11 is 0. The van der Waals surface area contributed by atoms with Crippen LogP contribution in [0.5, 0.6) is 0 Å². The predicted octanol–water partition coefficient (Wildman–Crippen LogP) is 0.600. The predicted molar refractivity (Wildman–Crippen MR) is 60.2 cm³/mol. The highest BCUT2D eigenvalue weighted by Gasteiger charge is 2.30. The van der Waals surface area contributed by atoms with Crippen LogP contribution in [-0.2, 0) is 10.0 Å². The Morgan fingerprint density at radius 1 is 1.07 bits per heavy atom. The highest BCUT2D eigenvalue weighted by atomic mass is 32.2. The van der Waals surface area contributed by atoms with Crippen molar-refractivity contribution in [2.24, 2.45) is 0 Å². The van der Waals surface area contributed by atoms with Gasteiger partial charge in [-0.1, -0.05) is 12.8 Å². The second-order valence-corrected chi connectivity index (χ2v) is 6.60. The molecular weight excluding hydrogens is 212 g/mol. The Morgan fingerprint density at radius 2 is 1.80 bits per heavy atom. The van der Waals surface area contributed by atoms with E-state index in [1.165, 1.54) is 0 Å². The van der Waals surface area contributed by atoms with Gasteiger partial charge in [-0.05, 0) is 32.2 Å². The minimum atomic E-state index is -3.05. The van der Waals surface area contributed by atoms with Gasteiger partial charge in [-0.3, -0.25) is 0 Å². The molecule has 0 aromatic rings. The molecule has 2 aliphatic rings. The number of sulfonamides is 1. The summed E-state index contributed by atoms with van der Waals surface area (Å²) in [5, 5.41) is 3.10. The van der Waals surface area contributed by atoms with Crippen molar-refractivity contribution in [3.05, 3.63) is 0 Å². The van der Waals surface area contributed by atoms with Crippen molar-refractivity contribution in [2.75, 3.05) is 13.1 Å². The lowest BCUT2D eigenvalue weighted by Gasteiger charge is -2.25. The van der Waals surface area contributed by atoms with E-state index in [0.717, 1.165) is 51.6 Å². The maximum Gasteiger partial charge on any atom is 0.214 e. The van der Waals surface area contributed by atoms with Gasteiger partial charge in [-0.2, -0.15) is 0 Å². The first kappa shape index (κ1) is 11.4. The van der Waals surface area contributed by atoms with Crippen LogP contribution in [0.2, 0.25) is 0 Å². The molecule has 2 N–H and O–H groups in total. The van der Waals surface area contributed by atoms with Gasteiger partial charge in [-0.25, -0.2) is 13.1 Å². The summed E-state index contributed by atoms with van der Waals surface area (Å²) in [7, 11) is -3.05. The van der Waals surface area contributed by atoms with Gasteiger partial charge in [-0.15, -0.1) is 0 Å². The molecule has 1 heterocycles. The van der Waals surface area contributed by atoms with E-state index in [0.29, 0.717) is 0 Å². The lowest BCUT2D eigenvalue weighted by Crippen LogP contribution is -2.47. The normalized spacial score (nSPS) is 29.5. The third-order valence-corrected chi connectivity index (χ3v) is 5.38. The average Bonchev–Trinajstić information content (AvgIpc) is 2.71. The fourth-order valence-corrected chi connectivity index (χ4v) is 4.29. The lowest BCUT2D eigenvalue weighted by atomic mass is 10.1. The fourth-order valence-electron chi connectivity index (χ4n) is 2.48. The minimum absolute atomic E-state index is 0.115. The third-order valence-electron chi connectivity index (χ3n) is 3.37. The number of piperidine rings is 1. The van der Waals surface area contributed by atoms with Gasteiger partial charge in [0.05, 0.1) is 5.25 Å². The van der Waals surface area contributed by atoms with E-state index in [4.69, 9.17) is 0 Å². The molecule has 2 fully saturated rings. The molecular formula is C10H20N2O2S. The topological polar surface area (TPSA) is 58.2 Å². The van der Waals surface area contributed by atoms with Gasteiger partial charge in [0.25, 0.3) is 0 Å². The highest BCUT2D eigenvalue weighted by molar-refractivity contribution is 7.90. The molecule has 5 heteroatoms. The first-order chi connectivity index (χ1) is 7.18. The lowest BCUT2D eigenvalue weighted by molar-refractivity contribution is 0.426. The van der Waals surface area contributed by atoms with Crippen molar-refractivity contribution in [1.29, 1.82) is 0 Å². The summed E-state index contributed by atoms with van der Waals surface area (Å²) < 4.78 is 26.8. The SMILES string of the molecule is O=S(=O)(N[C@@H]1CCCNC1)C1CCCC1. The zero-order chi connectivity index (χ0) is 10.7. The number of hydrogen-bond donors (Lipinski definition) is 2. The summed E-state index contributed by atoms with van der Waals surface area (Å²) in [6.45, 7) is 1.80. The maximum atomic E-state index is 12.0. The minimum Gasteiger partial charge on any atom is -0.315 e. The maximum absolute atomic E-state index is 12.0. The number of nitrogens with one attached hydrogen (secondary N) is 2. The van der Waals surface area contributed by atoms with Gasteiger partial charge in [0.1, 0.15) is 0 Å². The highest BCUT2D eigenvalue weighted by Crippen LogP contribution is 2.24. The molecule has 88 valence electrons. The zero-order valence-electron chi connectivity index (χ0n) is 9.04. The van der Waals surface area contributed by atoms with Crippen LogP contribution in [0.25, 0.3) is 0 Å². The molecule has 0 aromatic heterocycles. The van der Waals surface area contributed by atoms with Crippen molar-refractivity contribution in [3.63, 3.8) is 0 Å². The fraction of sp³-hybridized carbons (Fsp3) is 1.00. The van der Waals surface area contributed by atoms with Crippen LogP contribution in [0.3, 0.4) is 0 Å². The standard InChI is InChI=1S/C10H20N2O2S/c13-15(14,10-5-1-2-6-10)12-9-4-3-7-11-8-9/h9-12H,1-8H2/t9-/m1/s1. The van der Waals surface area contributed by atoms with E-state index >= 15 is 0 Å². The molecule has 2 rings (SSSR count). The molecule has 1 saturated heterocycles. The summed E-state index contributed by atoms with van der Waals surface area (Å²) in [4.78, 5) is 0. The molecule has 15 heavy (non-hydrogen) atoms. The molecule has 0 unspecified atom stereocenters. The molecule has 0 bridgehead atoms. The zero-order valence-corrected chi connectivity index (χ0v) is 9.85. The first-order valence-electron chi connectivity index (χ1n) is 5.90. The number of rotatable bonds is 3. The Hall–Kier alpha value is -0.130. The average molecular weight is 232 g/mol. The molecule has 0 spiro atoms. The van der Waals surface area contributed by atoms with E-state index in [9.17, 15) is 8.42 Å². The smallest absolute Gasteiger partial charge is 0.214 e. The van der Waals surface area contributed by atoms with E-state index < -0.39 is 10.0 Å². The molecule has 0 aromatic carbocycles. The molecule has 0 radical (unpaired) electrons. The summed E-state index contributed by atoms with van der Waals surface area (Å²) in [6, 6.07) is 0.115. The third kappa shape index (κ3) is 2.92. The van der Waals surface area contributed by atoms with E-state index in [2.05, 4.69) is 10.0 Å². The summed E-state index contributed by atoms with van der Waals surface area (Å²) in [5.74, 6) is 0. The second kappa shape index (κ2) is 4.80. The van der Waals surface area contributed by atoms with Gasteiger partial charge in [0.15, 0.2) is 0 Å². The Balaban J connectivity index is 1.90. The molecule has 0 amide bonds. The molecule has 1 atom stereocenters. The van der Waals surface area contributed by atoms with E-state index in [-0.39, 0.29) is 11.3 Å². The van der Waals surface area contributed by atoms with Gasteiger partial charge < -0.3 is 5.32 Å². The Kier molecular flexibility index (Phi) is 3.64. The monoisotopic (exact) mass is 232 g/mol. The van der Waals surface area contributed by atoms with Crippen LogP contribution in [0.1, 0.15) is 38.5 Å². The van der Waals surface area contributed by atoms with E-state index in [1.54, 1.807) is 0 Å². The van der Waals surface area contributed by atoms with Gasteiger partial charge >= 0.3 is 0 Å². The van der Waals surface area contributed by atoms with Crippen LogP contribution in [0, 0.1) is 0 Å². The Morgan fingerprint density at radius 3 is 2.40 bits per heavy atom. The number of hydrogen-bond acceptors (Lipinski definition) is 3. The quantitative estimate of drug-likeness (QED) is 0.749. The van der Waals surface area contributed by atoms with Crippen LogP contribution in [0.15, 0.2) is 0 Å². The largest absolute Gasteiger partial charge is 0.315 e. The Bertz CT molecular complexity index is 291. The van der Waals surface area contributed by atoms with Crippen LogP contribution in [-0.4, -0.2) is 32.8 Å². The van der Waals surface area contributed by atoms with Crippen molar-refractivity contribution < 1.29 is 8.42 Å². The molecule has 1 aliphatic heterocycles. The second-order valence-electron chi connectivity index (χ2n) is 4.61. The van der Waals surface area contributed by atoms with Crippen molar-refractivity contribution >= 4 is 10.0 Å². The Labute approximate surface area is 91.9 Å². The molecule has 1 aliphatic carbocycles. The summed E-state index contributed by atoms with van der Waals surface area (Å²) in [6.07, 6.45) is 5.85. The van der Waals surface area contributed by atoms with Crippen LogP contribution in [0.4, 0.5) is 0 Å². The van der Waals surface area contributed by atoms with E-state index in [1.807, 2.05) is 0 Å². The van der Waals surface area contributed by atoms with Gasteiger partial charge in [0, 0.05) is 12.6 Å². The van der Waals surface area contributed by atoms with Gasteiger partial charge in [0.2, 0.25) is 10.0 Å². The van der Waals surface area contributed by atoms with Crippen molar-refractivity contribution in [3.8, 4) is 0 Å².